The van der Waals surface area contributed by atoms with E-state index in [1.807, 2.05) is 0 Å². The molecule has 18 heavy (non-hydrogen) atoms. The highest BCUT2D eigenvalue weighted by Crippen LogP contribution is 2.23. The van der Waals surface area contributed by atoms with Gasteiger partial charge in [0, 0.05) is 6.42 Å². The highest BCUT2D eigenvalue weighted by molar-refractivity contribution is 5.66. The van der Waals surface area contributed by atoms with Gasteiger partial charge in [-0.25, -0.2) is 0 Å². The van der Waals surface area contributed by atoms with E-state index in [9.17, 15) is 4.79 Å². The fourth-order valence-corrected chi connectivity index (χ4v) is 2.68. The average molecular weight is 255 g/mol. The van der Waals surface area contributed by atoms with Crippen molar-refractivity contribution in [1.82, 2.24) is 4.90 Å². The molecule has 1 aliphatic heterocycles. The Balaban J connectivity index is 2.03. The van der Waals surface area contributed by atoms with Crippen LogP contribution < -0.4 is 0 Å². The Bertz CT molecular complexity index is 233. The molecule has 0 unspecified atom stereocenters. The van der Waals surface area contributed by atoms with Crippen LogP contribution in [0.5, 0.6) is 0 Å². The van der Waals surface area contributed by atoms with Crippen molar-refractivity contribution in [1.29, 1.82) is 0 Å². The van der Waals surface area contributed by atoms with Gasteiger partial charge >= 0.3 is 5.97 Å². The summed E-state index contributed by atoms with van der Waals surface area (Å²) in [6.45, 7) is 8.13. The van der Waals surface area contributed by atoms with E-state index in [1.54, 1.807) is 0 Å². The summed E-state index contributed by atoms with van der Waals surface area (Å²) >= 11 is 0. The summed E-state index contributed by atoms with van der Waals surface area (Å²) in [4.78, 5) is 12.9. The number of likely N-dealkylation sites (tertiary alicyclic amines) is 1. The van der Waals surface area contributed by atoms with E-state index in [4.69, 9.17) is 5.11 Å². The molecule has 0 aliphatic carbocycles. The highest BCUT2D eigenvalue weighted by Gasteiger charge is 2.18. The summed E-state index contributed by atoms with van der Waals surface area (Å²) in [6.07, 6.45) is 7.61. The zero-order valence-corrected chi connectivity index (χ0v) is 12.0. The van der Waals surface area contributed by atoms with E-state index < -0.39 is 5.97 Å². The zero-order chi connectivity index (χ0) is 13.4. The molecule has 0 amide bonds. The molecule has 0 aromatic heterocycles. The molecule has 0 bridgehead atoms. The van der Waals surface area contributed by atoms with Crippen LogP contribution in [0.4, 0.5) is 0 Å². The van der Waals surface area contributed by atoms with Crippen molar-refractivity contribution in [3.8, 4) is 0 Å². The lowest BCUT2D eigenvalue weighted by molar-refractivity contribution is -0.137. The first-order valence-electron chi connectivity index (χ1n) is 7.52. The second kappa shape index (κ2) is 8.52. The van der Waals surface area contributed by atoms with Crippen molar-refractivity contribution in [3.05, 3.63) is 0 Å². The Labute approximate surface area is 112 Å². The summed E-state index contributed by atoms with van der Waals surface area (Å²) < 4.78 is 0. The van der Waals surface area contributed by atoms with Crippen LogP contribution in [0.1, 0.15) is 58.8 Å². The number of hydrogen-bond acceptors (Lipinski definition) is 2. The number of nitrogens with zero attached hydrogens (tertiary/aromatic N) is 1. The molecule has 1 N–H and O–H groups in total. The number of carbonyl (C=O) groups is 1. The summed E-state index contributed by atoms with van der Waals surface area (Å²) in [6, 6.07) is 0. The third kappa shape index (κ3) is 7.00. The van der Waals surface area contributed by atoms with Crippen molar-refractivity contribution in [2.45, 2.75) is 58.8 Å². The Morgan fingerprint density at radius 3 is 2.50 bits per heavy atom. The van der Waals surface area contributed by atoms with E-state index in [2.05, 4.69) is 18.7 Å². The van der Waals surface area contributed by atoms with Crippen molar-refractivity contribution in [3.63, 3.8) is 0 Å². The summed E-state index contributed by atoms with van der Waals surface area (Å²) in [7, 11) is 0. The molecule has 1 heterocycles. The Morgan fingerprint density at radius 2 is 1.94 bits per heavy atom. The maximum atomic E-state index is 10.4. The minimum atomic E-state index is -0.664. The fraction of sp³-hybridized carbons (Fsp3) is 0.933. The lowest BCUT2D eigenvalue weighted by atomic mass is 9.89. The van der Waals surface area contributed by atoms with Crippen LogP contribution in [0.3, 0.4) is 0 Å². The molecule has 3 nitrogen and oxygen atoms in total. The second-order valence-electron chi connectivity index (χ2n) is 6.11. The van der Waals surface area contributed by atoms with Crippen LogP contribution in [0.15, 0.2) is 0 Å². The molecular weight excluding hydrogens is 226 g/mol. The van der Waals surface area contributed by atoms with Gasteiger partial charge in [0.2, 0.25) is 0 Å². The smallest absolute Gasteiger partial charge is 0.303 e. The van der Waals surface area contributed by atoms with Crippen molar-refractivity contribution in [2.75, 3.05) is 19.6 Å². The van der Waals surface area contributed by atoms with Crippen molar-refractivity contribution < 1.29 is 9.90 Å². The van der Waals surface area contributed by atoms with Gasteiger partial charge in [-0.3, -0.25) is 4.79 Å². The van der Waals surface area contributed by atoms with Crippen molar-refractivity contribution >= 4 is 5.97 Å². The zero-order valence-electron chi connectivity index (χ0n) is 12.0. The van der Waals surface area contributed by atoms with Crippen LogP contribution in [0.2, 0.25) is 0 Å². The number of carboxylic acid groups (broad SMARTS) is 1. The number of rotatable bonds is 8. The number of hydrogen-bond donors (Lipinski definition) is 1. The fourth-order valence-electron chi connectivity index (χ4n) is 2.68. The van der Waals surface area contributed by atoms with E-state index >= 15 is 0 Å². The quantitative estimate of drug-likeness (QED) is 0.676. The van der Waals surface area contributed by atoms with Gasteiger partial charge in [-0.05, 0) is 57.2 Å². The lowest BCUT2D eigenvalue weighted by Gasteiger charge is -2.32. The summed E-state index contributed by atoms with van der Waals surface area (Å²) in [5.41, 5.74) is 0. The van der Waals surface area contributed by atoms with Gasteiger partial charge in [-0.15, -0.1) is 0 Å². The van der Waals surface area contributed by atoms with Crippen LogP contribution in [-0.4, -0.2) is 35.6 Å². The first kappa shape index (κ1) is 15.5. The molecule has 1 rings (SSSR count). The van der Waals surface area contributed by atoms with E-state index in [1.165, 1.54) is 38.8 Å². The maximum absolute atomic E-state index is 10.4. The lowest BCUT2D eigenvalue weighted by Crippen LogP contribution is -2.34. The molecule has 106 valence electrons. The largest absolute Gasteiger partial charge is 0.481 e. The second-order valence-corrected chi connectivity index (χ2v) is 6.11. The molecule has 0 aromatic rings. The predicted octanol–water partition coefficient (Wildman–Crippen LogP) is 3.39. The number of unbranched alkanes of at least 4 members (excludes halogenated alkanes) is 1. The molecule has 0 spiro atoms. The summed E-state index contributed by atoms with van der Waals surface area (Å²) in [5.74, 6) is 1.10. The molecule has 3 heteroatoms. The van der Waals surface area contributed by atoms with Gasteiger partial charge < -0.3 is 10.0 Å². The van der Waals surface area contributed by atoms with Gasteiger partial charge in [-0.2, -0.15) is 0 Å². The maximum Gasteiger partial charge on any atom is 0.303 e. The van der Waals surface area contributed by atoms with Gasteiger partial charge in [-0.1, -0.05) is 26.7 Å². The SMILES string of the molecule is CC(C)CCC1CCN(CCCCC(=O)O)CC1. The van der Waals surface area contributed by atoms with Crippen LogP contribution >= 0.6 is 0 Å². The van der Waals surface area contributed by atoms with E-state index in [0.717, 1.165) is 31.2 Å². The van der Waals surface area contributed by atoms with Gasteiger partial charge in [0.25, 0.3) is 0 Å². The van der Waals surface area contributed by atoms with Gasteiger partial charge in [0.15, 0.2) is 0 Å². The molecule has 1 aliphatic rings. The topological polar surface area (TPSA) is 40.5 Å². The van der Waals surface area contributed by atoms with E-state index in [-0.39, 0.29) is 0 Å². The summed E-state index contributed by atoms with van der Waals surface area (Å²) in [5, 5.41) is 8.58. The molecule has 1 saturated heterocycles. The number of piperidine rings is 1. The molecular formula is C15H29NO2. The molecule has 1 fully saturated rings. The monoisotopic (exact) mass is 255 g/mol. The third-order valence-electron chi connectivity index (χ3n) is 3.97. The Morgan fingerprint density at radius 1 is 1.28 bits per heavy atom. The Hall–Kier alpha value is -0.570. The molecule has 0 saturated carbocycles. The number of carboxylic acids is 1. The predicted molar refractivity (Wildman–Crippen MR) is 74.7 cm³/mol. The minimum Gasteiger partial charge on any atom is -0.481 e. The standard InChI is InChI=1S/C15H29NO2/c1-13(2)6-7-14-8-11-16(12-9-14)10-4-3-5-15(17)18/h13-14H,3-12H2,1-2H3,(H,17,18). The van der Waals surface area contributed by atoms with Crippen LogP contribution in [-0.2, 0) is 4.79 Å². The first-order chi connectivity index (χ1) is 8.58. The first-order valence-corrected chi connectivity index (χ1v) is 7.52. The van der Waals surface area contributed by atoms with Crippen LogP contribution in [0, 0.1) is 11.8 Å². The number of aliphatic carboxylic acids is 1. The Kier molecular flexibility index (Phi) is 7.33. The van der Waals surface area contributed by atoms with E-state index in [0.29, 0.717) is 6.42 Å². The van der Waals surface area contributed by atoms with Crippen LogP contribution in [0.25, 0.3) is 0 Å². The molecule has 0 radical (unpaired) electrons. The van der Waals surface area contributed by atoms with Gasteiger partial charge in [0.05, 0.1) is 0 Å². The average Bonchev–Trinajstić information content (AvgIpc) is 2.33. The third-order valence-corrected chi connectivity index (χ3v) is 3.97. The molecule has 0 atom stereocenters. The highest BCUT2D eigenvalue weighted by atomic mass is 16.4. The van der Waals surface area contributed by atoms with Gasteiger partial charge in [0.1, 0.15) is 0 Å². The molecule has 0 aromatic carbocycles. The van der Waals surface area contributed by atoms with Crippen molar-refractivity contribution in [2.24, 2.45) is 11.8 Å². The normalized spacial score (nSPS) is 18.4. The minimum absolute atomic E-state index is 0.324.